The number of aliphatic hydroxyl groups is 1. The van der Waals surface area contributed by atoms with E-state index in [0.717, 1.165) is 17.3 Å². The standard InChI is InChI=1S/C21H24N2O4/c1-4-11-22-14-9-6-5-8-13(14)18-16(20(22)26)17(19(25)21(2,3)27-18)23-12-7-10-15(23)24/h4-6,8-9,17,19,25H,1,7,10-12H2,2-3H3/t17-,19+/m1/s1. The molecule has 0 aliphatic carbocycles. The maximum atomic E-state index is 13.4. The second-order valence-electron chi connectivity index (χ2n) is 7.75. The monoisotopic (exact) mass is 368 g/mol. The van der Waals surface area contributed by atoms with Gasteiger partial charge in [-0.15, -0.1) is 6.58 Å². The van der Waals surface area contributed by atoms with Gasteiger partial charge in [0.05, 0.1) is 17.1 Å². The first-order chi connectivity index (χ1) is 12.9. The van der Waals surface area contributed by atoms with Crippen molar-refractivity contribution in [3.63, 3.8) is 0 Å². The lowest BCUT2D eigenvalue weighted by Gasteiger charge is -2.45. The van der Waals surface area contributed by atoms with Crippen molar-refractivity contribution in [1.29, 1.82) is 0 Å². The molecule has 1 amide bonds. The second-order valence-corrected chi connectivity index (χ2v) is 7.75. The average Bonchev–Trinajstić information content (AvgIpc) is 3.06. The second kappa shape index (κ2) is 6.23. The summed E-state index contributed by atoms with van der Waals surface area (Å²) in [4.78, 5) is 27.5. The SMILES string of the molecule is C=CCn1c(=O)c2c(c3ccccc31)OC(C)(C)[C@@H](O)[C@@H]2N1CCCC1=O. The first-order valence-electron chi connectivity index (χ1n) is 9.29. The van der Waals surface area contributed by atoms with Crippen molar-refractivity contribution in [2.45, 2.75) is 51.0 Å². The van der Waals surface area contributed by atoms with Gasteiger partial charge in [-0.3, -0.25) is 9.59 Å². The molecule has 0 radical (unpaired) electrons. The van der Waals surface area contributed by atoms with Gasteiger partial charge in [0.2, 0.25) is 5.91 Å². The van der Waals surface area contributed by atoms with E-state index in [-0.39, 0.29) is 11.5 Å². The first kappa shape index (κ1) is 17.8. The van der Waals surface area contributed by atoms with Crippen LogP contribution < -0.4 is 10.3 Å². The predicted octanol–water partition coefficient (Wildman–Crippen LogP) is 2.38. The van der Waals surface area contributed by atoms with Crippen molar-refractivity contribution >= 4 is 16.8 Å². The van der Waals surface area contributed by atoms with Crippen LogP contribution in [-0.2, 0) is 11.3 Å². The number of amides is 1. The van der Waals surface area contributed by atoms with Crippen LogP contribution in [0.5, 0.6) is 5.75 Å². The Morgan fingerprint density at radius 1 is 1.33 bits per heavy atom. The number of nitrogens with zero attached hydrogens (tertiary/aromatic N) is 2. The fourth-order valence-corrected chi connectivity index (χ4v) is 4.23. The molecular weight excluding hydrogens is 344 g/mol. The van der Waals surface area contributed by atoms with Gasteiger partial charge < -0.3 is 19.3 Å². The Labute approximate surface area is 157 Å². The number of hydrogen-bond acceptors (Lipinski definition) is 4. The minimum absolute atomic E-state index is 0.0365. The Hall–Kier alpha value is -2.60. The zero-order valence-electron chi connectivity index (χ0n) is 15.6. The normalized spacial score (nSPS) is 24.0. The van der Waals surface area contributed by atoms with Crippen LogP contribution >= 0.6 is 0 Å². The number of hydrogen-bond donors (Lipinski definition) is 1. The van der Waals surface area contributed by atoms with Gasteiger partial charge in [-0.25, -0.2) is 0 Å². The third-order valence-corrected chi connectivity index (χ3v) is 5.59. The number of allylic oxidation sites excluding steroid dienone is 1. The number of carbonyl (C=O) groups is 1. The topological polar surface area (TPSA) is 71.8 Å². The highest BCUT2D eigenvalue weighted by molar-refractivity contribution is 5.88. The molecule has 1 aromatic heterocycles. The molecular formula is C21H24N2O4. The molecule has 2 aromatic rings. The van der Waals surface area contributed by atoms with Gasteiger partial charge in [-0.1, -0.05) is 18.2 Å². The summed E-state index contributed by atoms with van der Waals surface area (Å²) in [6.07, 6.45) is 1.83. The van der Waals surface area contributed by atoms with Crippen molar-refractivity contribution in [2.24, 2.45) is 0 Å². The summed E-state index contributed by atoms with van der Waals surface area (Å²) < 4.78 is 7.78. The average molecular weight is 368 g/mol. The van der Waals surface area contributed by atoms with Crippen molar-refractivity contribution < 1.29 is 14.6 Å². The number of likely N-dealkylation sites (tertiary alicyclic amines) is 1. The molecule has 0 bridgehead atoms. The van der Waals surface area contributed by atoms with Crippen LogP contribution in [0.25, 0.3) is 10.9 Å². The van der Waals surface area contributed by atoms with Crippen LogP contribution in [-0.4, -0.2) is 38.7 Å². The number of ether oxygens (including phenoxy) is 1. The Morgan fingerprint density at radius 2 is 2.07 bits per heavy atom. The summed E-state index contributed by atoms with van der Waals surface area (Å²) in [7, 11) is 0. The van der Waals surface area contributed by atoms with E-state index in [9.17, 15) is 14.7 Å². The summed E-state index contributed by atoms with van der Waals surface area (Å²) in [6, 6.07) is 6.83. The Bertz CT molecular complexity index is 992. The Balaban J connectivity index is 2.07. The minimum atomic E-state index is -1.00. The van der Waals surface area contributed by atoms with Gasteiger partial charge >= 0.3 is 0 Å². The van der Waals surface area contributed by atoms with Crippen molar-refractivity contribution in [2.75, 3.05) is 6.54 Å². The number of carbonyl (C=O) groups excluding carboxylic acids is 1. The highest BCUT2D eigenvalue weighted by atomic mass is 16.5. The summed E-state index contributed by atoms with van der Waals surface area (Å²) in [5.74, 6) is 0.432. The number of aliphatic hydroxyl groups excluding tert-OH is 1. The fraction of sp³-hybridized carbons (Fsp3) is 0.429. The van der Waals surface area contributed by atoms with E-state index in [1.54, 1.807) is 29.4 Å². The molecule has 0 unspecified atom stereocenters. The van der Waals surface area contributed by atoms with Gasteiger partial charge in [-0.05, 0) is 32.4 Å². The Kier molecular flexibility index (Phi) is 4.11. The van der Waals surface area contributed by atoms with Gasteiger partial charge in [-0.2, -0.15) is 0 Å². The lowest BCUT2D eigenvalue weighted by Crippen LogP contribution is -2.55. The summed E-state index contributed by atoms with van der Waals surface area (Å²) in [6.45, 7) is 8.21. The smallest absolute Gasteiger partial charge is 0.260 e. The highest BCUT2D eigenvalue weighted by Gasteiger charge is 2.49. The van der Waals surface area contributed by atoms with Gasteiger partial charge in [0, 0.05) is 24.9 Å². The van der Waals surface area contributed by atoms with Gasteiger partial charge in [0.25, 0.3) is 5.56 Å². The van der Waals surface area contributed by atoms with Crippen LogP contribution in [0.15, 0.2) is 41.7 Å². The predicted molar refractivity (Wildman–Crippen MR) is 103 cm³/mol. The molecule has 1 aromatic carbocycles. The molecule has 2 aliphatic heterocycles. The lowest BCUT2D eigenvalue weighted by molar-refractivity contribution is -0.139. The third kappa shape index (κ3) is 2.58. The van der Waals surface area contributed by atoms with Crippen LogP contribution in [0.1, 0.15) is 38.3 Å². The van der Waals surface area contributed by atoms with E-state index in [0.29, 0.717) is 30.8 Å². The molecule has 1 fully saturated rings. The van der Waals surface area contributed by atoms with E-state index < -0.39 is 17.7 Å². The molecule has 0 spiro atoms. The largest absolute Gasteiger partial charge is 0.484 e. The molecule has 6 nitrogen and oxygen atoms in total. The summed E-state index contributed by atoms with van der Waals surface area (Å²) in [5, 5.41) is 11.8. The van der Waals surface area contributed by atoms with Crippen molar-refractivity contribution in [3.05, 3.63) is 52.8 Å². The zero-order valence-corrected chi connectivity index (χ0v) is 15.6. The molecule has 1 saturated heterocycles. The van der Waals surface area contributed by atoms with Crippen LogP contribution in [0, 0.1) is 0 Å². The van der Waals surface area contributed by atoms with E-state index >= 15 is 0 Å². The number of benzene rings is 1. The number of fused-ring (bicyclic) bond motifs is 3. The molecule has 2 aliphatic rings. The first-order valence-corrected chi connectivity index (χ1v) is 9.29. The number of pyridine rings is 1. The molecule has 4 rings (SSSR count). The molecule has 0 saturated carbocycles. The van der Waals surface area contributed by atoms with E-state index in [1.807, 2.05) is 24.3 Å². The molecule has 2 atom stereocenters. The zero-order chi connectivity index (χ0) is 19.3. The van der Waals surface area contributed by atoms with Gasteiger partial charge in [0.1, 0.15) is 17.5 Å². The van der Waals surface area contributed by atoms with Crippen molar-refractivity contribution in [1.82, 2.24) is 9.47 Å². The molecule has 6 heteroatoms. The van der Waals surface area contributed by atoms with E-state index in [4.69, 9.17) is 4.74 Å². The lowest BCUT2D eigenvalue weighted by atomic mass is 9.85. The minimum Gasteiger partial charge on any atom is -0.484 e. The fourth-order valence-electron chi connectivity index (χ4n) is 4.23. The number of aromatic nitrogens is 1. The molecule has 3 heterocycles. The van der Waals surface area contributed by atoms with Crippen LogP contribution in [0.2, 0.25) is 0 Å². The molecule has 142 valence electrons. The highest BCUT2D eigenvalue weighted by Crippen LogP contribution is 2.45. The maximum Gasteiger partial charge on any atom is 0.260 e. The van der Waals surface area contributed by atoms with E-state index in [1.165, 1.54) is 0 Å². The van der Waals surface area contributed by atoms with Gasteiger partial charge in [0.15, 0.2) is 0 Å². The van der Waals surface area contributed by atoms with E-state index in [2.05, 4.69) is 6.58 Å². The van der Waals surface area contributed by atoms with Crippen LogP contribution in [0.4, 0.5) is 0 Å². The van der Waals surface area contributed by atoms with Crippen LogP contribution in [0.3, 0.4) is 0 Å². The third-order valence-electron chi connectivity index (χ3n) is 5.59. The maximum absolute atomic E-state index is 13.4. The molecule has 27 heavy (non-hydrogen) atoms. The Morgan fingerprint density at radius 3 is 2.74 bits per heavy atom. The quantitative estimate of drug-likeness (QED) is 0.845. The number of para-hydroxylation sites is 1. The summed E-state index contributed by atoms with van der Waals surface area (Å²) >= 11 is 0. The van der Waals surface area contributed by atoms with Crippen molar-refractivity contribution in [3.8, 4) is 5.75 Å². The number of rotatable bonds is 3. The summed E-state index contributed by atoms with van der Waals surface area (Å²) in [5.41, 5.74) is -0.0688. The molecule has 1 N–H and O–H groups in total.